The summed E-state index contributed by atoms with van der Waals surface area (Å²) < 4.78 is 0. The molecule has 2 aromatic rings. The molecule has 18 heavy (non-hydrogen) atoms. The summed E-state index contributed by atoms with van der Waals surface area (Å²) in [5.74, 6) is -0.430. The van der Waals surface area contributed by atoms with Crippen molar-refractivity contribution in [1.29, 1.82) is 0 Å². The fraction of sp³-hybridized carbons (Fsp3) is 0.154. The Morgan fingerprint density at radius 2 is 2.22 bits per heavy atom. The highest BCUT2D eigenvalue weighted by Gasteiger charge is 2.08. The molecule has 5 nitrogen and oxygen atoms in total. The van der Waals surface area contributed by atoms with Gasteiger partial charge in [0, 0.05) is 18.6 Å². The monoisotopic (exact) mass is 243 g/mol. The maximum atomic E-state index is 10.8. The van der Waals surface area contributed by atoms with Gasteiger partial charge in [0.2, 0.25) is 0 Å². The fourth-order valence-electron chi connectivity index (χ4n) is 1.58. The molecule has 2 rings (SSSR count). The number of carbonyl (C=O) groups is 1. The molecule has 2 heterocycles. The van der Waals surface area contributed by atoms with E-state index in [9.17, 15) is 4.79 Å². The zero-order valence-corrected chi connectivity index (χ0v) is 9.87. The number of nitrogens with zero attached hydrogens (tertiary/aromatic N) is 2. The molecule has 0 spiro atoms. The Bertz CT molecular complexity index is 543. The maximum Gasteiger partial charge on any atom is 0.335 e. The zero-order valence-electron chi connectivity index (χ0n) is 9.87. The van der Waals surface area contributed by atoms with Crippen LogP contribution in [0.25, 0.3) is 0 Å². The highest BCUT2D eigenvalue weighted by atomic mass is 16.4. The van der Waals surface area contributed by atoms with Crippen molar-refractivity contribution in [1.82, 2.24) is 9.97 Å². The molecule has 0 saturated carbocycles. The summed E-state index contributed by atoms with van der Waals surface area (Å²) in [5, 5.41) is 12.0. The van der Waals surface area contributed by atoms with Gasteiger partial charge < -0.3 is 10.4 Å². The van der Waals surface area contributed by atoms with Crippen LogP contribution in [0.5, 0.6) is 0 Å². The van der Waals surface area contributed by atoms with E-state index in [0.717, 1.165) is 5.56 Å². The van der Waals surface area contributed by atoms with E-state index in [1.165, 1.54) is 18.3 Å². The molecule has 0 aliphatic rings. The molecule has 1 unspecified atom stereocenters. The Morgan fingerprint density at radius 1 is 1.39 bits per heavy atom. The van der Waals surface area contributed by atoms with Crippen molar-refractivity contribution >= 4 is 11.8 Å². The Kier molecular flexibility index (Phi) is 3.52. The van der Waals surface area contributed by atoms with Crippen molar-refractivity contribution in [2.24, 2.45) is 0 Å². The quantitative estimate of drug-likeness (QED) is 0.862. The number of aromatic carboxylic acids is 1. The van der Waals surface area contributed by atoms with E-state index in [2.05, 4.69) is 15.3 Å². The number of hydrogen-bond acceptors (Lipinski definition) is 4. The maximum absolute atomic E-state index is 10.8. The normalized spacial score (nSPS) is 11.8. The molecular formula is C13H13N3O2. The summed E-state index contributed by atoms with van der Waals surface area (Å²) >= 11 is 0. The standard InChI is InChI=1S/C13H13N3O2/c1-9(11-3-2-5-14-8-11)16-12-7-10(13(17)18)4-6-15-12/h2-9H,1H3,(H,15,16)(H,17,18). The van der Waals surface area contributed by atoms with E-state index >= 15 is 0 Å². The second kappa shape index (κ2) is 5.27. The van der Waals surface area contributed by atoms with Crippen molar-refractivity contribution in [3.05, 3.63) is 54.0 Å². The number of pyridine rings is 2. The Hall–Kier alpha value is -2.43. The first-order valence-corrected chi connectivity index (χ1v) is 5.52. The molecule has 1 atom stereocenters. The van der Waals surface area contributed by atoms with Crippen molar-refractivity contribution in [2.75, 3.05) is 5.32 Å². The number of hydrogen-bond donors (Lipinski definition) is 2. The number of aromatic nitrogens is 2. The van der Waals surface area contributed by atoms with E-state index in [1.54, 1.807) is 12.4 Å². The van der Waals surface area contributed by atoms with Gasteiger partial charge in [0.1, 0.15) is 5.82 Å². The summed E-state index contributed by atoms with van der Waals surface area (Å²) in [5.41, 5.74) is 1.23. The predicted octanol–water partition coefficient (Wildman–Crippen LogP) is 2.35. The highest BCUT2D eigenvalue weighted by Crippen LogP contribution is 2.17. The van der Waals surface area contributed by atoms with Gasteiger partial charge in [-0.25, -0.2) is 9.78 Å². The molecule has 2 N–H and O–H groups in total. The van der Waals surface area contributed by atoms with Gasteiger partial charge in [-0.3, -0.25) is 4.98 Å². The van der Waals surface area contributed by atoms with E-state index in [0.29, 0.717) is 5.82 Å². The lowest BCUT2D eigenvalue weighted by Crippen LogP contribution is -2.09. The number of carboxylic acids is 1. The molecule has 0 saturated heterocycles. The topological polar surface area (TPSA) is 75.1 Å². The molecule has 92 valence electrons. The lowest BCUT2D eigenvalue weighted by atomic mass is 10.1. The van der Waals surface area contributed by atoms with Crippen molar-refractivity contribution in [3.8, 4) is 0 Å². The van der Waals surface area contributed by atoms with Gasteiger partial charge in [-0.2, -0.15) is 0 Å². The van der Waals surface area contributed by atoms with E-state index in [-0.39, 0.29) is 11.6 Å². The second-order valence-corrected chi connectivity index (χ2v) is 3.89. The van der Waals surface area contributed by atoms with Crippen LogP contribution in [0.15, 0.2) is 42.9 Å². The van der Waals surface area contributed by atoms with Gasteiger partial charge in [-0.1, -0.05) is 6.07 Å². The Morgan fingerprint density at radius 3 is 2.89 bits per heavy atom. The highest BCUT2D eigenvalue weighted by molar-refractivity contribution is 5.88. The Labute approximate surface area is 105 Å². The molecule has 0 fully saturated rings. The Balaban J connectivity index is 2.14. The third-order valence-corrected chi connectivity index (χ3v) is 2.56. The first-order chi connectivity index (χ1) is 8.66. The summed E-state index contributed by atoms with van der Waals surface area (Å²) in [6.07, 6.45) is 4.94. The van der Waals surface area contributed by atoms with Crippen LogP contribution in [0, 0.1) is 0 Å². The largest absolute Gasteiger partial charge is 0.478 e. The molecule has 0 bridgehead atoms. The minimum absolute atomic E-state index is 0.00949. The van der Waals surface area contributed by atoms with E-state index in [4.69, 9.17) is 5.11 Å². The lowest BCUT2D eigenvalue weighted by Gasteiger charge is -2.14. The molecule has 0 aliphatic carbocycles. The van der Waals surface area contributed by atoms with Crippen molar-refractivity contribution in [3.63, 3.8) is 0 Å². The minimum atomic E-state index is -0.963. The van der Waals surface area contributed by atoms with Crippen LogP contribution < -0.4 is 5.32 Å². The third kappa shape index (κ3) is 2.82. The minimum Gasteiger partial charge on any atom is -0.478 e. The number of rotatable bonds is 4. The van der Waals surface area contributed by atoms with Gasteiger partial charge in [0.15, 0.2) is 0 Å². The third-order valence-electron chi connectivity index (χ3n) is 2.56. The second-order valence-electron chi connectivity index (χ2n) is 3.89. The van der Waals surface area contributed by atoms with Crippen LogP contribution in [0.1, 0.15) is 28.9 Å². The molecule has 2 aromatic heterocycles. The predicted molar refractivity (Wildman–Crippen MR) is 67.5 cm³/mol. The lowest BCUT2D eigenvalue weighted by molar-refractivity contribution is 0.0697. The molecule has 0 radical (unpaired) electrons. The van der Waals surface area contributed by atoms with Crippen molar-refractivity contribution < 1.29 is 9.90 Å². The molecule has 5 heteroatoms. The number of anilines is 1. The first-order valence-electron chi connectivity index (χ1n) is 5.52. The van der Waals surface area contributed by atoms with Crippen LogP contribution in [0.2, 0.25) is 0 Å². The van der Waals surface area contributed by atoms with Crippen LogP contribution in [0.3, 0.4) is 0 Å². The summed E-state index contributed by atoms with van der Waals surface area (Å²) in [6.45, 7) is 1.96. The van der Waals surface area contributed by atoms with Gasteiger partial charge in [-0.15, -0.1) is 0 Å². The molecule has 0 aromatic carbocycles. The van der Waals surface area contributed by atoms with Crippen LogP contribution in [-0.4, -0.2) is 21.0 Å². The molecule has 0 aliphatic heterocycles. The zero-order chi connectivity index (χ0) is 13.0. The van der Waals surface area contributed by atoms with Crippen molar-refractivity contribution in [2.45, 2.75) is 13.0 Å². The van der Waals surface area contributed by atoms with Gasteiger partial charge >= 0.3 is 5.97 Å². The smallest absolute Gasteiger partial charge is 0.335 e. The van der Waals surface area contributed by atoms with Crippen LogP contribution in [0.4, 0.5) is 5.82 Å². The number of carboxylic acid groups (broad SMARTS) is 1. The van der Waals surface area contributed by atoms with E-state index < -0.39 is 5.97 Å². The van der Waals surface area contributed by atoms with E-state index in [1.807, 2.05) is 19.1 Å². The fourth-order valence-corrected chi connectivity index (χ4v) is 1.58. The first kappa shape index (κ1) is 12.0. The average molecular weight is 243 g/mol. The van der Waals surface area contributed by atoms with Gasteiger partial charge in [0.05, 0.1) is 11.6 Å². The summed E-state index contributed by atoms with van der Waals surface area (Å²) in [7, 11) is 0. The van der Waals surface area contributed by atoms with Crippen LogP contribution in [-0.2, 0) is 0 Å². The van der Waals surface area contributed by atoms with Gasteiger partial charge in [-0.05, 0) is 30.7 Å². The SMILES string of the molecule is CC(Nc1cc(C(=O)O)ccn1)c1cccnc1. The summed E-state index contributed by atoms with van der Waals surface area (Å²) in [4.78, 5) is 19.0. The van der Waals surface area contributed by atoms with Gasteiger partial charge in [0.25, 0.3) is 0 Å². The number of nitrogens with one attached hydrogen (secondary N) is 1. The molecule has 0 amide bonds. The van der Waals surface area contributed by atoms with Crippen LogP contribution >= 0.6 is 0 Å². The molecular weight excluding hydrogens is 230 g/mol. The summed E-state index contributed by atoms with van der Waals surface area (Å²) in [6, 6.07) is 6.79. The average Bonchev–Trinajstić information content (AvgIpc) is 2.40.